The highest BCUT2D eigenvalue weighted by Crippen LogP contribution is 2.27. The van der Waals surface area contributed by atoms with Crippen LogP contribution in [0.4, 0.5) is 0 Å². The molecule has 4 aromatic rings. The average molecular weight is 676 g/mol. The van der Waals surface area contributed by atoms with Crippen LogP contribution >= 0.6 is 31.9 Å². The van der Waals surface area contributed by atoms with E-state index in [1.165, 1.54) is 0 Å². The van der Waals surface area contributed by atoms with Gasteiger partial charge in [0.05, 0.1) is 22.4 Å². The summed E-state index contributed by atoms with van der Waals surface area (Å²) < 4.78 is 16.0. The average Bonchev–Trinajstić information content (AvgIpc) is 3.48. The Bertz CT molecular complexity index is 1460. The molecular formula is C28H32Br2N6O4. The molecule has 4 rings (SSSR count). The van der Waals surface area contributed by atoms with Crippen molar-refractivity contribution in [3.05, 3.63) is 68.9 Å². The van der Waals surface area contributed by atoms with Crippen molar-refractivity contribution in [2.75, 3.05) is 0 Å². The van der Waals surface area contributed by atoms with E-state index in [2.05, 4.69) is 42.1 Å². The van der Waals surface area contributed by atoms with Crippen LogP contribution in [0.25, 0.3) is 21.8 Å². The van der Waals surface area contributed by atoms with E-state index in [0.29, 0.717) is 0 Å². The summed E-state index contributed by atoms with van der Waals surface area (Å²) in [6, 6.07) is 11.7. The fourth-order valence-corrected chi connectivity index (χ4v) is 5.15. The normalized spacial score (nSPS) is 14.9. The molecule has 212 valence electrons. The number of rotatable bonds is 10. The summed E-state index contributed by atoms with van der Waals surface area (Å²) in [5.74, 6) is -1.47. The van der Waals surface area contributed by atoms with E-state index in [1.54, 1.807) is 23.2 Å². The lowest BCUT2D eigenvalue weighted by atomic mass is 10.2. The van der Waals surface area contributed by atoms with Gasteiger partial charge in [-0.1, -0.05) is 45.7 Å². The number of aryl methyl sites for hydroxylation is 2. The Morgan fingerprint density at radius 3 is 1.52 bits per heavy atom. The van der Waals surface area contributed by atoms with Gasteiger partial charge in [-0.2, -0.15) is 10.2 Å². The topological polar surface area (TPSA) is 140 Å². The molecule has 2 heterocycles. The molecule has 0 bridgehead atoms. The van der Waals surface area contributed by atoms with Crippen LogP contribution < -0.4 is 11.5 Å². The van der Waals surface area contributed by atoms with Gasteiger partial charge < -0.3 is 20.9 Å². The number of hydrogen-bond donors (Lipinski definition) is 2. The van der Waals surface area contributed by atoms with Crippen molar-refractivity contribution in [2.24, 2.45) is 11.5 Å². The van der Waals surface area contributed by atoms with Crippen LogP contribution in [-0.2, 0) is 31.9 Å². The van der Waals surface area contributed by atoms with Gasteiger partial charge in [0.25, 0.3) is 0 Å². The monoisotopic (exact) mass is 674 g/mol. The van der Waals surface area contributed by atoms with Crippen molar-refractivity contribution in [3.63, 3.8) is 0 Å². The van der Waals surface area contributed by atoms with E-state index in [9.17, 15) is 9.59 Å². The number of nitrogens with two attached hydrogens (primary N) is 2. The second-order valence-corrected chi connectivity index (χ2v) is 11.2. The van der Waals surface area contributed by atoms with E-state index in [0.717, 1.165) is 67.1 Å². The summed E-state index contributed by atoms with van der Waals surface area (Å²) in [6.45, 7) is 7.37. The zero-order valence-corrected chi connectivity index (χ0v) is 25.8. The minimum Gasteiger partial charge on any atom is -0.456 e. The molecule has 0 aliphatic heterocycles. The van der Waals surface area contributed by atoms with Gasteiger partial charge in [-0.25, -0.2) is 19.0 Å². The van der Waals surface area contributed by atoms with E-state index >= 15 is 0 Å². The SMILES string of the molecule is CCc1nn([C@H](N)C(C)OC(=O)/C=C/C(=O)OC(C)[C@@H](N)n2nc(CC)c3ccc(Br)cc32)c2cc(Br)ccc12. The van der Waals surface area contributed by atoms with Crippen LogP contribution in [0, 0.1) is 0 Å². The molecule has 0 aliphatic carbocycles. The molecule has 0 radical (unpaired) electrons. The van der Waals surface area contributed by atoms with Crippen LogP contribution in [-0.4, -0.2) is 43.7 Å². The maximum absolute atomic E-state index is 12.5. The third kappa shape index (κ3) is 6.30. The van der Waals surface area contributed by atoms with Gasteiger partial charge in [-0.05, 0) is 63.1 Å². The Morgan fingerprint density at radius 2 is 1.18 bits per heavy atom. The maximum atomic E-state index is 12.5. The van der Waals surface area contributed by atoms with Crippen LogP contribution in [0.1, 0.15) is 51.4 Å². The van der Waals surface area contributed by atoms with Gasteiger partial charge in [0.1, 0.15) is 24.5 Å². The molecule has 2 aromatic heterocycles. The third-order valence-corrected chi connectivity index (χ3v) is 7.63. The first-order valence-corrected chi connectivity index (χ1v) is 14.6. The van der Waals surface area contributed by atoms with Crippen LogP contribution in [0.2, 0.25) is 0 Å². The summed E-state index contributed by atoms with van der Waals surface area (Å²) >= 11 is 6.96. The molecule has 0 spiro atoms. The number of halogens is 2. The molecule has 10 nitrogen and oxygen atoms in total. The molecule has 0 saturated carbocycles. The molecule has 12 heteroatoms. The summed E-state index contributed by atoms with van der Waals surface area (Å²) in [5, 5.41) is 11.2. The van der Waals surface area contributed by atoms with Crippen molar-refractivity contribution < 1.29 is 19.1 Å². The fourth-order valence-electron chi connectivity index (χ4n) is 4.45. The number of carbonyl (C=O) groups is 2. The molecule has 0 amide bonds. The molecule has 40 heavy (non-hydrogen) atoms. The van der Waals surface area contributed by atoms with Gasteiger partial charge in [-0.3, -0.25) is 0 Å². The summed E-state index contributed by atoms with van der Waals surface area (Å²) in [5.41, 5.74) is 16.3. The number of esters is 2. The Morgan fingerprint density at radius 1 is 0.800 bits per heavy atom. The predicted molar refractivity (Wildman–Crippen MR) is 160 cm³/mol. The zero-order chi connectivity index (χ0) is 29.1. The zero-order valence-electron chi connectivity index (χ0n) is 22.7. The van der Waals surface area contributed by atoms with E-state index in [-0.39, 0.29) is 0 Å². The second-order valence-electron chi connectivity index (χ2n) is 9.41. The van der Waals surface area contributed by atoms with Crippen LogP contribution in [0.3, 0.4) is 0 Å². The largest absolute Gasteiger partial charge is 0.456 e. The van der Waals surface area contributed by atoms with Crippen molar-refractivity contribution >= 4 is 65.6 Å². The number of fused-ring (bicyclic) bond motifs is 2. The van der Waals surface area contributed by atoms with Gasteiger partial charge in [0, 0.05) is 31.9 Å². The first-order chi connectivity index (χ1) is 19.0. The minimum atomic E-state index is -0.739. The number of aromatic nitrogens is 4. The minimum absolute atomic E-state index is 0.729. The summed E-state index contributed by atoms with van der Waals surface area (Å²) in [4.78, 5) is 25.0. The Kier molecular flexibility index (Phi) is 9.44. The second kappa shape index (κ2) is 12.6. The van der Waals surface area contributed by atoms with E-state index in [4.69, 9.17) is 20.9 Å². The molecule has 2 unspecified atom stereocenters. The predicted octanol–water partition coefficient (Wildman–Crippen LogP) is 5.07. The molecule has 0 saturated heterocycles. The van der Waals surface area contributed by atoms with Gasteiger partial charge in [0.2, 0.25) is 0 Å². The maximum Gasteiger partial charge on any atom is 0.331 e. The highest BCUT2D eigenvalue weighted by molar-refractivity contribution is 9.10. The molecular weight excluding hydrogens is 644 g/mol. The number of ether oxygens (including phenoxy) is 2. The fraction of sp³-hybridized carbons (Fsp3) is 0.357. The van der Waals surface area contributed by atoms with Crippen molar-refractivity contribution in [1.82, 2.24) is 19.6 Å². The number of nitrogens with zero attached hydrogens (tertiary/aromatic N) is 4. The third-order valence-electron chi connectivity index (χ3n) is 6.65. The molecule has 0 fully saturated rings. The lowest BCUT2D eigenvalue weighted by Gasteiger charge is -2.21. The van der Waals surface area contributed by atoms with Gasteiger partial charge in [-0.15, -0.1) is 0 Å². The summed E-state index contributed by atoms with van der Waals surface area (Å²) in [7, 11) is 0. The Labute approximate surface area is 248 Å². The quantitative estimate of drug-likeness (QED) is 0.175. The van der Waals surface area contributed by atoms with Crippen molar-refractivity contribution in [1.29, 1.82) is 0 Å². The highest BCUT2D eigenvalue weighted by atomic mass is 79.9. The molecule has 0 aliphatic rings. The highest BCUT2D eigenvalue weighted by Gasteiger charge is 2.24. The Hall–Kier alpha value is -3.06. The van der Waals surface area contributed by atoms with E-state index in [1.807, 2.05) is 50.2 Å². The lowest BCUT2D eigenvalue weighted by molar-refractivity contribution is -0.147. The van der Waals surface area contributed by atoms with Crippen LogP contribution in [0.5, 0.6) is 0 Å². The lowest BCUT2D eigenvalue weighted by Crippen LogP contribution is -2.34. The number of benzene rings is 2. The Balaban J connectivity index is 1.38. The first-order valence-electron chi connectivity index (χ1n) is 13.0. The standard InChI is InChI=1S/C28H32Br2N6O4/c1-5-21-19-9-7-17(29)13-23(19)35(33-21)27(31)15(3)39-25(37)11-12-26(38)40-16(4)28(32)36-24-14-18(30)8-10-20(24)22(6-2)34-36/h7-16,27-28H,5-6,31-32H2,1-4H3/b12-11+/t15?,16?,27-,28-/m0/s1. The first kappa shape index (κ1) is 29.9. The summed E-state index contributed by atoms with van der Waals surface area (Å²) in [6.07, 6.45) is 0.538. The van der Waals surface area contributed by atoms with Crippen molar-refractivity contribution in [3.8, 4) is 0 Å². The van der Waals surface area contributed by atoms with E-state index < -0.39 is 36.5 Å². The van der Waals surface area contributed by atoms with Gasteiger partial charge >= 0.3 is 11.9 Å². The molecule has 2 aromatic carbocycles. The van der Waals surface area contributed by atoms with Crippen LogP contribution in [0.15, 0.2) is 57.5 Å². The number of carbonyl (C=O) groups excluding carboxylic acids is 2. The number of hydrogen-bond acceptors (Lipinski definition) is 8. The smallest absolute Gasteiger partial charge is 0.331 e. The molecule has 4 atom stereocenters. The van der Waals surface area contributed by atoms with Gasteiger partial charge in [0.15, 0.2) is 0 Å². The van der Waals surface area contributed by atoms with Crippen molar-refractivity contribution in [2.45, 2.75) is 65.1 Å². The molecule has 4 N–H and O–H groups in total.